The molecule has 0 fully saturated rings. The molecular formula is C35H49NO2. The molecule has 1 N–H and O–H groups in total. The van der Waals surface area contributed by atoms with Crippen molar-refractivity contribution in [3.8, 4) is 11.5 Å². The van der Waals surface area contributed by atoms with E-state index in [0.717, 1.165) is 51.9 Å². The smallest absolute Gasteiger partial charge is 0.126 e. The summed E-state index contributed by atoms with van der Waals surface area (Å²) in [4.78, 5) is 0. The van der Waals surface area contributed by atoms with Crippen LogP contribution in [0.3, 0.4) is 0 Å². The van der Waals surface area contributed by atoms with Gasteiger partial charge in [0.15, 0.2) is 0 Å². The topological polar surface area (TPSA) is 30.5 Å². The summed E-state index contributed by atoms with van der Waals surface area (Å²) in [6.07, 6.45) is 10.7. The predicted molar refractivity (Wildman–Crippen MR) is 170 cm³/mol. The van der Waals surface area contributed by atoms with Gasteiger partial charge in [0.1, 0.15) is 11.5 Å². The second-order valence-electron chi connectivity index (χ2n) is 9.55. The molecule has 3 aromatic rings. The highest BCUT2D eigenvalue weighted by Crippen LogP contribution is 2.31. The van der Waals surface area contributed by atoms with E-state index in [1.165, 1.54) is 18.4 Å². The average molecular weight is 516 g/mol. The lowest BCUT2D eigenvalue weighted by Gasteiger charge is -2.11. The van der Waals surface area contributed by atoms with Gasteiger partial charge in [-0.1, -0.05) is 114 Å². The van der Waals surface area contributed by atoms with Gasteiger partial charge in [0.25, 0.3) is 0 Å². The maximum Gasteiger partial charge on any atom is 0.126 e. The van der Waals surface area contributed by atoms with Gasteiger partial charge in [-0.05, 0) is 54.7 Å². The first-order valence-electron chi connectivity index (χ1n) is 13.9. The third kappa shape index (κ3) is 12.2. The van der Waals surface area contributed by atoms with E-state index in [1.54, 1.807) is 14.2 Å². The van der Waals surface area contributed by atoms with Crippen molar-refractivity contribution < 1.29 is 9.47 Å². The van der Waals surface area contributed by atoms with Crippen LogP contribution in [0.5, 0.6) is 11.5 Å². The van der Waals surface area contributed by atoms with Crippen LogP contribution in [-0.4, -0.2) is 20.8 Å². The van der Waals surface area contributed by atoms with Gasteiger partial charge in [-0.3, -0.25) is 0 Å². The Morgan fingerprint density at radius 1 is 0.711 bits per heavy atom. The number of nitrogens with one attached hydrogen (secondary N) is 1. The van der Waals surface area contributed by atoms with Crippen molar-refractivity contribution in [2.24, 2.45) is 5.92 Å². The standard InChI is InChI=1S/C29H33NO2.C4H10.C2H6/c1-5-6-19-30-27-17-13-24(14-18-27)12-16-26-21-28(31-3)25(20-29(26)32-4)15-11-23-9-7-22(2)8-10-23;1-4(2)3;1-2/h7-18,20-21,30H,5-6,19H2,1-4H3;4H,1-3H3;1-2H3/b15-11+,16-12+;;. The molecule has 206 valence electrons. The van der Waals surface area contributed by atoms with Gasteiger partial charge in [0, 0.05) is 23.4 Å². The first-order valence-corrected chi connectivity index (χ1v) is 13.9. The number of hydrogen-bond donors (Lipinski definition) is 1. The van der Waals surface area contributed by atoms with Gasteiger partial charge in [-0.15, -0.1) is 0 Å². The normalized spacial score (nSPS) is 10.6. The quantitative estimate of drug-likeness (QED) is 0.215. The molecular weight excluding hydrogens is 466 g/mol. The van der Waals surface area contributed by atoms with Crippen molar-refractivity contribution in [3.63, 3.8) is 0 Å². The third-order valence-corrected chi connectivity index (χ3v) is 5.34. The van der Waals surface area contributed by atoms with E-state index in [0.29, 0.717) is 0 Å². The highest BCUT2D eigenvalue weighted by molar-refractivity contribution is 5.79. The number of hydrogen-bond acceptors (Lipinski definition) is 3. The predicted octanol–water partition coefficient (Wildman–Crippen LogP) is 10.3. The largest absolute Gasteiger partial charge is 0.496 e. The summed E-state index contributed by atoms with van der Waals surface area (Å²) in [5.41, 5.74) is 6.63. The Hall–Kier alpha value is -3.46. The van der Waals surface area contributed by atoms with Gasteiger partial charge >= 0.3 is 0 Å². The molecule has 3 nitrogen and oxygen atoms in total. The Labute approximate surface area is 232 Å². The molecule has 0 amide bonds. The van der Waals surface area contributed by atoms with Crippen molar-refractivity contribution in [1.82, 2.24) is 0 Å². The molecule has 0 saturated carbocycles. The van der Waals surface area contributed by atoms with Crippen LogP contribution in [0.4, 0.5) is 5.69 Å². The van der Waals surface area contributed by atoms with Crippen LogP contribution in [0.15, 0.2) is 60.7 Å². The Morgan fingerprint density at radius 3 is 1.53 bits per heavy atom. The fourth-order valence-electron chi connectivity index (χ4n) is 3.38. The van der Waals surface area contributed by atoms with Crippen molar-refractivity contribution in [2.45, 2.75) is 61.3 Å². The summed E-state index contributed by atoms with van der Waals surface area (Å²) < 4.78 is 11.3. The van der Waals surface area contributed by atoms with E-state index in [9.17, 15) is 0 Å². The summed E-state index contributed by atoms with van der Waals surface area (Å²) in [5, 5.41) is 3.45. The van der Waals surface area contributed by atoms with E-state index in [2.05, 4.69) is 113 Å². The van der Waals surface area contributed by atoms with Gasteiger partial charge in [-0.25, -0.2) is 0 Å². The molecule has 38 heavy (non-hydrogen) atoms. The van der Waals surface area contributed by atoms with Gasteiger partial charge in [0.2, 0.25) is 0 Å². The summed E-state index contributed by atoms with van der Waals surface area (Å²) >= 11 is 0. The monoisotopic (exact) mass is 515 g/mol. The summed E-state index contributed by atoms with van der Waals surface area (Å²) in [6, 6.07) is 20.9. The third-order valence-electron chi connectivity index (χ3n) is 5.34. The molecule has 0 spiro atoms. The lowest BCUT2D eigenvalue weighted by molar-refractivity contribution is 0.401. The number of ether oxygens (including phenoxy) is 2. The van der Waals surface area contributed by atoms with E-state index in [4.69, 9.17) is 9.47 Å². The van der Waals surface area contributed by atoms with E-state index < -0.39 is 0 Å². The van der Waals surface area contributed by atoms with Crippen LogP contribution in [-0.2, 0) is 0 Å². The first-order chi connectivity index (χ1) is 18.4. The lowest BCUT2D eigenvalue weighted by Crippen LogP contribution is -2.00. The highest BCUT2D eigenvalue weighted by Gasteiger charge is 2.08. The van der Waals surface area contributed by atoms with Crippen LogP contribution in [0, 0.1) is 12.8 Å². The Balaban J connectivity index is 0.00000110. The number of aryl methyl sites for hydroxylation is 1. The van der Waals surface area contributed by atoms with Crippen molar-refractivity contribution >= 4 is 30.0 Å². The average Bonchev–Trinajstić information content (AvgIpc) is 2.93. The van der Waals surface area contributed by atoms with Gasteiger partial charge in [-0.2, -0.15) is 0 Å². The van der Waals surface area contributed by atoms with E-state index >= 15 is 0 Å². The minimum atomic E-state index is 0.809. The Kier molecular flexibility index (Phi) is 16.1. The maximum absolute atomic E-state index is 5.67. The molecule has 3 heteroatoms. The SMILES string of the molecule is CC.CC(C)C.CCCCNc1ccc(/C=C/c2cc(OC)c(/C=C/c3ccc(C)cc3)cc2OC)cc1. The molecule has 0 bridgehead atoms. The summed E-state index contributed by atoms with van der Waals surface area (Å²) in [6.45, 7) is 15.8. The van der Waals surface area contributed by atoms with E-state index in [-0.39, 0.29) is 0 Å². The number of benzene rings is 3. The number of unbranched alkanes of at least 4 members (excludes halogenated alkanes) is 1. The maximum atomic E-state index is 5.67. The number of rotatable bonds is 10. The number of anilines is 1. The van der Waals surface area contributed by atoms with Gasteiger partial charge < -0.3 is 14.8 Å². The van der Waals surface area contributed by atoms with Gasteiger partial charge in [0.05, 0.1) is 14.2 Å². The van der Waals surface area contributed by atoms with Crippen molar-refractivity contribution in [2.75, 3.05) is 26.1 Å². The van der Waals surface area contributed by atoms with Crippen LogP contribution >= 0.6 is 0 Å². The molecule has 0 aliphatic heterocycles. The molecule has 3 aromatic carbocycles. The molecule has 0 aromatic heterocycles. The molecule has 0 aliphatic rings. The molecule has 0 radical (unpaired) electrons. The molecule has 0 unspecified atom stereocenters. The van der Waals surface area contributed by atoms with Crippen LogP contribution in [0.2, 0.25) is 0 Å². The molecule has 0 aliphatic carbocycles. The molecule has 0 saturated heterocycles. The molecule has 3 rings (SSSR count). The zero-order chi connectivity index (χ0) is 28.3. The molecule has 0 heterocycles. The van der Waals surface area contributed by atoms with Crippen LogP contribution < -0.4 is 14.8 Å². The minimum absolute atomic E-state index is 0.809. The minimum Gasteiger partial charge on any atom is -0.496 e. The Bertz CT molecular complexity index is 1090. The zero-order valence-corrected chi connectivity index (χ0v) is 25.1. The van der Waals surface area contributed by atoms with Crippen molar-refractivity contribution in [3.05, 3.63) is 88.5 Å². The Morgan fingerprint density at radius 2 is 1.13 bits per heavy atom. The fraction of sp³-hybridized carbons (Fsp3) is 0.371. The summed E-state index contributed by atoms with van der Waals surface area (Å²) in [7, 11) is 3.40. The fourth-order valence-corrected chi connectivity index (χ4v) is 3.38. The van der Waals surface area contributed by atoms with E-state index in [1.807, 2.05) is 26.0 Å². The lowest BCUT2D eigenvalue weighted by atomic mass is 10.0. The second kappa shape index (κ2) is 18.7. The first kappa shape index (κ1) is 32.6. The zero-order valence-electron chi connectivity index (χ0n) is 25.1. The van der Waals surface area contributed by atoms with Crippen LogP contribution in [0.25, 0.3) is 24.3 Å². The molecule has 0 atom stereocenters. The highest BCUT2D eigenvalue weighted by atomic mass is 16.5. The second-order valence-corrected chi connectivity index (χ2v) is 9.55. The summed E-state index contributed by atoms with van der Waals surface area (Å²) in [5.74, 6) is 2.45. The number of methoxy groups -OCH3 is 2. The van der Waals surface area contributed by atoms with Crippen molar-refractivity contribution in [1.29, 1.82) is 0 Å². The van der Waals surface area contributed by atoms with Crippen LogP contribution in [0.1, 0.15) is 82.2 Å².